The molecule has 2 aromatic heterocycles. The highest BCUT2D eigenvalue weighted by molar-refractivity contribution is 7.20. The summed E-state index contributed by atoms with van der Waals surface area (Å²) in [4.78, 5) is 35.0. The number of thiophene rings is 1. The lowest BCUT2D eigenvalue weighted by atomic mass is 10.2. The molecule has 3 rings (SSSR count). The number of fused-ring (bicyclic) bond motifs is 1. The molecule has 1 N–H and O–H groups in total. The lowest BCUT2D eigenvalue weighted by Crippen LogP contribution is -2.45. The van der Waals surface area contributed by atoms with Crippen LogP contribution in [0.3, 0.4) is 0 Å². The predicted molar refractivity (Wildman–Crippen MR) is 90.3 cm³/mol. The Balaban J connectivity index is 1.94. The molecule has 1 saturated heterocycles. The van der Waals surface area contributed by atoms with Crippen molar-refractivity contribution < 1.29 is 9.53 Å². The normalized spacial score (nSPS) is 22.6. The molecular weight excluding hydrogens is 314 g/mol. The summed E-state index contributed by atoms with van der Waals surface area (Å²) < 4.78 is 5.72. The quantitative estimate of drug-likeness (QED) is 0.870. The van der Waals surface area contributed by atoms with Gasteiger partial charge in [0.1, 0.15) is 10.7 Å². The molecule has 6 nitrogen and oxygen atoms in total. The van der Waals surface area contributed by atoms with Crippen LogP contribution < -0.4 is 5.56 Å². The van der Waals surface area contributed by atoms with Crippen molar-refractivity contribution in [2.24, 2.45) is 0 Å². The Bertz CT molecular complexity index is 801. The third-order valence-electron chi connectivity index (χ3n) is 4.04. The first-order chi connectivity index (χ1) is 10.8. The van der Waals surface area contributed by atoms with E-state index in [9.17, 15) is 9.59 Å². The van der Waals surface area contributed by atoms with E-state index in [1.54, 1.807) is 6.92 Å². The highest BCUT2D eigenvalue weighted by Gasteiger charge is 2.23. The summed E-state index contributed by atoms with van der Waals surface area (Å²) in [5.41, 5.74) is 0.562. The first-order valence-corrected chi connectivity index (χ1v) is 8.58. The number of ketones is 1. The molecule has 2 atom stereocenters. The minimum absolute atomic E-state index is 0.0257. The van der Waals surface area contributed by atoms with E-state index in [1.807, 2.05) is 13.8 Å². The Kier molecular flexibility index (Phi) is 4.35. The lowest BCUT2D eigenvalue weighted by molar-refractivity contribution is -0.0710. The van der Waals surface area contributed by atoms with E-state index >= 15 is 0 Å². The Morgan fingerprint density at radius 2 is 2.04 bits per heavy atom. The summed E-state index contributed by atoms with van der Waals surface area (Å²) >= 11 is 1.30. The van der Waals surface area contributed by atoms with Gasteiger partial charge in [0, 0.05) is 13.1 Å². The van der Waals surface area contributed by atoms with E-state index in [4.69, 9.17) is 4.74 Å². The third-order valence-corrected chi connectivity index (χ3v) is 5.32. The van der Waals surface area contributed by atoms with Gasteiger partial charge >= 0.3 is 0 Å². The minimum atomic E-state index is -0.166. The number of aromatic amines is 1. The molecule has 124 valence electrons. The molecule has 1 aliphatic heterocycles. The van der Waals surface area contributed by atoms with Crippen LogP contribution >= 0.6 is 11.3 Å². The number of carbonyl (C=O) groups is 1. The topological polar surface area (TPSA) is 75.3 Å². The first kappa shape index (κ1) is 16.3. The maximum Gasteiger partial charge on any atom is 0.259 e. The van der Waals surface area contributed by atoms with Crippen molar-refractivity contribution in [3.8, 4) is 0 Å². The van der Waals surface area contributed by atoms with Crippen molar-refractivity contribution in [3.63, 3.8) is 0 Å². The number of morpholine rings is 1. The van der Waals surface area contributed by atoms with Crippen LogP contribution in [0.5, 0.6) is 0 Å². The van der Waals surface area contributed by atoms with Gasteiger partial charge < -0.3 is 9.72 Å². The number of hydrogen-bond donors (Lipinski definition) is 1. The summed E-state index contributed by atoms with van der Waals surface area (Å²) in [6, 6.07) is 0. The van der Waals surface area contributed by atoms with Crippen molar-refractivity contribution in [2.75, 3.05) is 13.1 Å². The molecule has 0 unspecified atom stereocenters. The van der Waals surface area contributed by atoms with Gasteiger partial charge in [-0.05, 0) is 33.3 Å². The molecule has 3 heterocycles. The molecule has 0 radical (unpaired) electrons. The second-order valence-electron chi connectivity index (χ2n) is 6.26. The number of rotatable bonds is 3. The number of hydrogen-bond acceptors (Lipinski definition) is 6. The van der Waals surface area contributed by atoms with E-state index in [-0.39, 0.29) is 23.6 Å². The summed E-state index contributed by atoms with van der Waals surface area (Å²) in [6.45, 7) is 9.62. The molecule has 7 heteroatoms. The Morgan fingerprint density at radius 3 is 2.65 bits per heavy atom. The summed E-state index contributed by atoms with van der Waals surface area (Å²) in [5, 5.41) is 0.535. The van der Waals surface area contributed by atoms with E-state index in [2.05, 4.69) is 14.9 Å². The van der Waals surface area contributed by atoms with Crippen molar-refractivity contribution in [3.05, 3.63) is 26.6 Å². The second-order valence-corrected chi connectivity index (χ2v) is 7.26. The van der Waals surface area contributed by atoms with Crippen LogP contribution in [0.15, 0.2) is 4.79 Å². The fraction of sp³-hybridized carbons (Fsp3) is 0.562. The maximum atomic E-state index is 12.4. The van der Waals surface area contributed by atoms with Gasteiger partial charge in [0.2, 0.25) is 0 Å². The van der Waals surface area contributed by atoms with Crippen molar-refractivity contribution in [1.82, 2.24) is 14.9 Å². The molecule has 0 amide bonds. The average Bonchev–Trinajstić information content (AvgIpc) is 2.75. The molecule has 23 heavy (non-hydrogen) atoms. The fourth-order valence-electron chi connectivity index (χ4n) is 3.22. The van der Waals surface area contributed by atoms with E-state index in [0.717, 1.165) is 18.7 Å². The molecule has 0 spiro atoms. The van der Waals surface area contributed by atoms with Gasteiger partial charge in [-0.1, -0.05) is 0 Å². The van der Waals surface area contributed by atoms with Gasteiger partial charge in [0.05, 0.1) is 29.0 Å². The molecule has 0 aromatic carbocycles. The van der Waals surface area contributed by atoms with Crippen LogP contribution in [0.4, 0.5) is 0 Å². The van der Waals surface area contributed by atoms with Crippen LogP contribution in [-0.4, -0.2) is 45.9 Å². The third kappa shape index (κ3) is 3.22. The molecule has 0 bridgehead atoms. The smallest absolute Gasteiger partial charge is 0.259 e. The summed E-state index contributed by atoms with van der Waals surface area (Å²) in [7, 11) is 0. The number of aromatic nitrogens is 2. The number of aryl methyl sites for hydroxylation is 1. The zero-order chi connectivity index (χ0) is 16.7. The largest absolute Gasteiger partial charge is 0.373 e. The highest BCUT2D eigenvalue weighted by atomic mass is 32.1. The van der Waals surface area contributed by atoms with Crippen molar-refractivity contribution in [2.45, 2.75) is 46.4 Å². The van der Waals surface area contributed by atoms with Gasteiger partial charge in [-0.2, -0.15) is 0 Å². The second kappa shape index (κ2) is 6.14. The van der Waals surface area contributed by atoms with Gasteiger partial charge in [-0.15, -0.1) is 11.3 Å². The number of carbonyl (C=O) groups excluding carboxylic acids is 1. The van der Waals surface area contributed by atoms with Crippen LogP contribution in [0.2, 0.25) is 0 Å². The number of Topliss-reactive ketones (excluding diaryl/α,β-unsaturated/α-hetero) is 1. The Hall–Kier alpha value is -1.57. The summed E-state index contributed by atoms with van der Waals surface area (Å²) in [6.07, 6.45) is 0.338. The zero-order valence-corrected chi connectivity index (χ0v) is 14.6. The summed E-state index contributed by atoms with van der Waals surface area (Å²) in [5.74, 6) is 0.613. The van der Waals surface area contributed by atoms with E-state index < -0.39 is 0 Å². The monoisotopic (exact) mass is 335 g/mol. The highest BCUT2D eigenvalue weighted by Crippen LogP contribution is 2.27. The number of H-pyrrole nitrogens is 1. The number of nitrogens with one attached hydrogen (secondary N) is 1. The zero-order valence-electron chi connectivity index (χ0n) is 13.8. The van der Waals surface area contributed by atoms with Crippen molar-refractivity contribution >= 4 is 27.3 Å². The van der Waals surface area contributed by atoms with Crippen LogP contribution in [0.25, 0.3) is 10.2 Å². The fourth-order valence-corrected chi connectivity index (χ4v) is 4.32. The number of ether oxygens (including phenoxy) is 1. The molecule has 2 aromatic rings. The molecular formula is C16H21N3O3S. The van der Waals surface area contributed by atoms with Gasteiger partial charge in [-0.3, -0.25) is 14.5 Å². The average molecular weight is 335 g/mol. The van der Waals surface area contributed by atoms with Crippen LogP contribution in [-0.2, 0) is 11.3 Å². The van der Waals surface area contributed by atoms with Crippen molar-refractivity contribution in [1.29, 1.82) is 0 Å². The molecule has 1 aliphatic rings. The van der Waals surface area contributed by atoms with Crippen LogP contribution in [0.1, 0.15) is 41.8 Å². The maximum absolute atomic E-state index is 12.4. The SMILES string of the molecule is CC(=O)c1sc2nc(CN3C[C@H](C)O[C@@H](C)C3)[nH]c(=O)c2c1C. The van der Waals surface area contributed by atoms with Gasteiger partial charge in [0.25, 0.3) is 5.56 Å². The lowest BCUT2D eigenvalue weighted by Gasteiger charge is -2.34. The molecule has 0 aliphatic carbocycles. The van der Waals surface area contributed by atoms with Gasteiger partial charge in [-0.25, -0.2) is 4.98 Å². The molecule has 0 saturated carbocycles. The predicted octanol–water partition coefficient (Wildman–Crippen LogP) is 2.10. The minimum Gasteiger partial charge on any atom is -0.373 e. The standard InChI is InChI=1S/C16H21N3O3S/c1-8-5-19(6-9(2)22-8)7-12-17-15(21)13-10(3)14(11(4)20)23-16(13)18-12/h8-9H,5-7H2,1-4H3,(H,17,18,21)/t8-,9-/m0/s1. The number of nitrogens with zero attached hydrogens (tertiary/aromatic N) is 2. The van der Waals surface area contributed by atoms with E-state index in [1.165, 1.54) is 18.3 Å². The first-order valence-electron chi connectivity index (χ1n) is 7.76. The van der Waals surface area contributed by atoms with E-state index in [0.29, 0.717) is 27.5 Å². The van der Waals surface area contributed by atoms with Gasteiger partial charge in [0.15, 0.2) is 5.78 Å². The molecule has 1 fully saturated rings. The Labute approximate surface area is 138 Å². The Morgan fingerprint density at radius 1 is 1.39 bits per heavy atom. The van der Waals surface area contributed by atoms with Crippen LogP contribution in [0, 0.1) is 6.92 Å².